The molecular formula is C9H14N2O3. The Labute approximate surface area is 82.7 Å². The molecule has 14 heavy (non-hydrogen) atoms. The first-order chi connectivity index (χ1) is 6.52. The molecule has 78 valence electrons. The van der Waals surface area contributed by atoms with Crippen LogP contribution < -0.4 is 11.1 Å². The summed E-state index contributed by atoms with van der Waals surface area (Å²) in [6.45, 7) is 1.66. The summed E-state index contributed by atoms with van der Waals surface area (Å²) in [6.07, 6.45) is 5.37. The van der Waals surface area contributed by atoms with Gasteiger partial charge in [-0.25, -0.2) is 4.79 Å². The third-order valence-corrected chi connectivity index (χ3v) is 1.70. The van der Waals surface area contributed by atoms with Crippen LogP contribution in [0.1, 0.15) is 19.8 Å². The van der Waals surface area contributed by atoms with Gasteiger partial charge < -0.3 is 16.2 Å². The molecular weight excluding hydrogens is 184 g/mol. The average molecular weight is 198 g/mol. The lowest BCUT2D eigenvalue weighted by atomic mass is 10.1. The molecule has 0 aliphatic carbocycles. The van der Waals surface area contributed by atoms with Crippen LogP contribution in [-0.4, -0.2) is 29.1 Å². The van der Waals surface area contributed by atoms with Crippen molar-refractivity contribution in [3.05, 3.63) is 0 Å². The summed E-state index contributed by atoms with van der Waals surface area (Å²) in [5.74, 6) is 0.630. The highest BCUT2D eigenvalue weighted by molar-refractivity contribution is 5.86. The molecule has 0 aromatic carbocycles. The molecule has 4 N–H and O–H groups in total. The van der Waals surface area contributed by atoms with Crippen LogP contribution in [0.5, 0.6) is 0 Å². The zero-order valence-electron chi connectivity index (χ0n) is 7.99. The molecule has 0 heterocycles. The summed E-state index contributed by atoms with van der Waals surface area (Å²) in [6, 6.07) is -1.74. The number of aliphatic carboxylic acids is 1. The van der Waals surface area contributed by atoms with Gasteiger partial charge in [0.25, 0.3) is 0 Å². The van der Waals surface area contributed by atoms with Crippen LogP contribution >= 0.6 is 0 Å². The number of terminal acetylenes is 1. The molecule has 2 atom stereocenters. The van der Waals surface area contributed by atoms with Gasteiger partial charge in [0.2, 0.25) is 5.91 Å². The lowest BCUT2D eigenvalue weighted by Crippen LogP contribution is -2.48. The highest BCUT2D eigenvalue weighted by Crippen LogP contribution is 1.93. The Morgan fingerprint density at radius 1 is 1.64 bits per heavy atom. The molecule has 0 rings (SSSR count). The van der Waals surface area contributed by atoms with Gasteiger partial charge in [-0.3, -0.25) is 4.79 Å². The SMILES string of the molecule is C#CCC(N)C(=O)N[C@H](CC)C(=O)O. The molecule has 1 unspecified atom stereocenters. The molecule has 0 aliphatic heterocycles. The van der Waals surface area contributed by atoms with Gasteiger partial charge >= 0.3 is 5.97 Å². The van der Waals surface area contributed by atoms with Crippen molar-refractivity contribution < 1.29 is 14.7 Å². The molecule has 0 saturated heterocycles. The topological polar surface area (TPSA) is 92.4 Å². The van der Waals surface area contributed by atoms with Crippen LogP contribution in [0.3, 0.4) is 0 Å². The molecule has 0 saturated carbocycles. The number of carbonyl (C=O) groups excluding carboxylic acids is 1. The second-order valence-corrected chi connectivity index (χ2v) is 2.82. The lowest BCUT2D eigenvalue weighted by molar-refractivity contribution is -0.142. The van der Waals surface area contributed by atoms with E-state index in [4.69, 9.17) is 17.3 Å². The van der Waals surface area contributed by atoms with Gasteiger partial charge in [-0.15, -0.1) is 12.3 Å². The molecule has 0 fully saturated rings. The summed E-state index contributed by atoms with van der Waals surface area (Å²) in [4.78, 5) is 21.8. The molecule has 5 nitrogen and oxygen atoms in total. The molecule has 0 aromatic heterocycles. The summed E-state index contributed by atoms with van der Waals surface area (Å²) >= 11 is 0. The second-order valence-electron chi connectivity index (χ2n) is 2.82. The van der Waals surface area contributed by atoms with Gasteiger partial charge in [0.05, 0.1) is 6.04 Å². The van der Waals surface area contributed by atoms with E-state index in [1.54, 1.807) is 6.92 Å². The number of carboxylic acids is 1. The molecule has 0 aliphatic rings. The maximum Gasteiger partial charge on any atom is 0.326 e. The van der Waals surface area contributed by atoms with E-state index < -0.39 is 24.0 Å². The first-order valence-corrected chi connectivity index (χ1v) is 4.25. The van der Waals surface area contributed by atoms with Gasteiger partial charge in [-0.1, -0.05) is 6.92 Å². The minimum absolute atomic E-state index is 0.0991. The fourth-order valence-corrected chi connectivity index (χ4v) is 0.837. The van der Waals surface area contributed by atoms with Crippen molar-refractivity contribution in [3.8, 4) is 12.3 Å². The fraction of sp³-hybridized carbons (Fsp3) is 0.556. The van der Waals surface area contributed by atoms with Crippen molar-refractivity contribution in [1.82, 2.24) is 5.32 Å². The van der Waals surface area contributed by atoms with Gasteiger partial charge in [0, 0.05) is 6.42 Å². The molecule has 1 amide bonds. The number of carbonyl (C=O) groups is 2. The number of nitrogens with two attached hydrogens (primary N) is 1. The number of nitrogens with one attached hydrogen (secondary N) is 1. The van der Waals surface area contributed by atoms with Crippen molar-refractivity contribution in [1.29, 1.82) is 0 Å². The minimum atomic E-state index is -1.08. The number of rotatable bonds is 5. The van der Waals surface area contributed by atoms with Crippen molar-refractivity contribution >= 4 is 11.9 Å². The maximum atomic E-state index is 11.2. The van der Waals surface area contributed by atoms with Gasteiger partial charge in [0.1, 0.15) is 6.04 Å². The number of carboxylic acid groups (broad SMARTS) is 1. The third kappa shape index (κ3) is 3.92. The van der Waals surface area contributed by atoms with Crippen LogP contribution in [0.15, 0.2) is 0 Å². The summed E-state index contributed by atoms with van der Waals surface area (Å²) in [7, 11) is 0. The normalized spacial score (nSPS) is 13.8. The third-order valence-electron chi connectivity index (χ3n) is 1.70. The molecule has 0 bridgehead atoms. The summed E-state index contributed by atoms with van der Waals surface area (Å²) in [5.41, 5.74) is 5.38. The monoisotopic (exact) mass is 198 g/mol. The Bertz CT molecular complexity index is 257. The van der Waals surface area contributed by atoms with Crippen molar-refractivity contribution in [2.45, 2.75) is 31.8 Å². The smallest absolute Gasteiger partial charge is 0.326 e. The molecule has 5 heteroatoms. The predicted molar refractivity (Wildman–Crippen MR) is 51.3 cm³/mol. The maximum absolute atomic E-state index is 11.2. The van der Waals surface area contributed by atoms with Crippen LogP contribution in [0.25, 0.3) is 0 Å². The van der Waals surface area contributed by atoms with Crippen LogP contribution in [0.4, 0.5) is 0 Å². The first kappa shape index (κ1) is 12.5. The first-order valence-electron chi connectivity index (χ1n) is 4.25. The van der Waals surface area contributed by atoms with Crippen LogP contribution in [0.2, 0.25) is 0 Å². The van der Waals surface area contributed by atoms with Crippen LogP contribution in [-0.2, 0) is 9.59 Å². The van der Waals surface area contributed by atoms with E-state index in [1.807, 2.05) is 0 Å². The van der Waals surface area contributed by atoms with E-state index in [0.717, 1.165) is 0 Å². The highest BCUT2D eigenvalue weighted by Gasteiger charge is 2.20. The predicted octanol–water partition coefficient (Wildman–Crippen LogP) is -0.684. The standard InChI is InChI=1S/C9H14N2O3/c1-3-5-6(10)8(12)11-7(4-2)9(13)14/h1,6-7H,4-5,10H2,2H3,(H,11,12)(H,13,14)/t6?,7-/m1/s1. The van der Waals surface area contributed by atoms with Gasteiger partial charge in [0.15, 0.2) is 0 Å². The highest BCUT2D eigenvalue weighted by atomic mass is 16.4. The van der Waals surface area contributed by atoms with E-state index in [1.165, 1.54) is 0 Å². The van der Waals surface area contributed by atoms with E-state index in [-0.39, 0.29) is 6.42 Å². The number of hydrogen-bond donors (Lipinski definition) is 3. The molecule has 0 radical (unpaired) electrons. The van der Waals surface area contributed by atoms with Crippen molar-refractivity contribution in [2.24, 2.45) is 5.73 Å². The summed E-state index contributed by atoms with van der Waals surface area (Å²) < 4.78 is 0. The largest absolute Gasteiger partial charge is 0.480 e. The zero-order chi connectivity index (χ0) is 11.1. The van der Waals surface area contributed by atoms with E-state index in [2.05, 4.69) is 11.2 Å². The van der Waals surface area contributed by atoms with E-state index in [0.29, 0.717) is 6.42 Å². The van der Waals surface area contributed by atoms with Gasteiger partial charge in [-0.2, -0.15) is 0 Å². The summed E-state index contributed by atoms with van der Waals surface area (Å²) in [5, 5.41) is 10.9. The average Bonchev–Trinajstić information content (AvgIpc) is 2.13. The number of hydrogen-bond acceptors (Lipinski definition) is 3. The Balaban J connectivity index is 4.16. The molecule has 0 spiro atoms. The van der Waals surface area contributed by atoms with E-state index >= 15 is 0 Å². The fourth-order valence-electron chi connectivity index (χ4n) is 0.837. The minimum Gasteiger partial charge on any atom is -0.480 e. The zero-order valence-corrected chi connectivity index (χ0v) is 7.99. The Morgan fingerprint density at radius 2 is 2.21 bits per heavy atom. The Morgan fingerprint density at radius 3 is 2.57 bits per heavy atom. The van der Waals surface area contributed by atoms with Gasteiger partial charge in [-0.05, 0) is 6.42 Å². The second kappa shape index (κ2) is 6.00. The quantitative estimate of drug-likeness (QED) is 0.510. The van der Waals surface area contributed by atoms with Crippen molar-refractivity contribution in [2.75, 3.05) is 0 Å². The van der Waals surface area contributed by atoms with Crippen LogP contribution in [0, 0.1) is 12.3 Å². The van der Waals surface area contributed by atoms with Crippen molar-refractivity contribution in [3.63, 3.8) is 0 Å². The number of amides is 1. The lowest BCUT2D eigenvalue weighted by Gasteiger charge is -2.14. The van der Waals surface area contributed by atoms with E-state index in [9.17, 15) is 9.59 Å². The molecule has 0 aromatic rings. The Kier molecular flexibility index (Phi) is 5.34. The Hall–Kier alpha value is -1.54.